The SMILES string of the molecule is CCC(C)C(NC(=O)C(N)Cc1cnc[nH]1)C(=O)NC(CO)C(=O)NC(C(=O)O)C(C)O. The van der Waals surface area contributed by atoms with E-state index in [0.29, 0.717) is 12.1 Å². The Labute approximate surface area is 185 Å². The summed E-state index contributed by atoms with van der Waals surface area (Å²) in [5.74, 6) is -4.17. The van der Waals surface area contributed by atoms with Gasteiger partial charge in [0.05, 0.1) is 25.1 Å². The Hall–Kier alpha value is -3.03. The third kappa shape index (κ3) is 7.90. The number of nitrogens with two attached hydrogens (primary N) is 1. The second-order valence-corrected chi connectivity index (χ2v) is 7.57. The van der Waals surface area contributed by atoms with Gasteiger partial charge in [-0.25, -0.2) is 9.78 Å². The first-order valence-electron chi connectivity index (χ1n) is 10.2. The van der Waals surface area contributed by atoms with Crippen LogP contribution in [-0.2, 0) is 25.6 Å². The van der Waals surface area contributed by atoms with Crippen molar-refractivity contribution in [3.05, 3.63) is 18.2 Å². The number of imidazole rings is 1. The number of rotatable bonds is 13. The highest BCUT2D eigenvalue weighted by Gasteiger charge is 2.33. The molecule has 9 N–H and O–H groups in total. The van der Waals surface area contributed by atoms with Crippen LogP contribution in [0.1, 0.15) is 32.9 Å². The number of carboxylic acid groups (broad SMARTS) is 1. The predicted molar refractivity (Wildman–Crippen MR) is 112 cm³/mol. The van der Waals surface area contributed by atoms with Crippen LogP contribution in [0.5, 0.6) is 0 Å². The van der Waals surface area contributed by atoms with Crippen LogP contribution in [-0.4, -0.2) is 85.9 Å². The number of nitrogens with one attached hydrogen (secondary N) is 4. The number of hydrogen-bond acceptors (Lipinski definition) is 8. The van der Waals surface area contributed by atoms with Crippen molar-refractivity contribution in [2.75, 3.05) is 6.61 Å². The van der Waals surface area contributed by atoms with Gasteiger partial charge in [0, 0.05) is 18.3 Å². The predicted octanol–water partition coefficient (Wildman–Crippen LogP) is -2.76. The van der Waals surface area contributed by atoms with Gasteiger partial charge in [-0.3, -0.25) is 14.4 Å². The summed E-state index contributed by atoms with van der Waals surface area (Å²) in [4.78, 5) is 55.5. The van der Waals surface area contributed by atoms with Gasteiger partial charge in [-0.15, -0.1) is 0 Å². The molecule has 32 heavy (non-hydrogen) atoms. The number of carbonyl (C=O) groups is 4. The summed E-state index contributed by atoms with van der Waals surface area (Å²) < 4.78 is 0. The number of nitrogens with zero attached hydrogens (tertiary/aromatic N) is 1. The van der Waals surface area contributed by atoms with Gasteiger partial charge < -0.3 is 42.0 Å². The van der Waals surface area contributed by atoms with E-state index < -0.39 is 60.6 Å². The number of aromatic nitrogens is 2. The molecule has 0 aromatic carbocycles. The highest BCUT2D eigenvalue weighted by Crippen LogP contribution is 2.09. The maximum atomic E-state index is 12.8. The Bertz CT molecular complexity index is 770. The molecular formula is C19H32N6O7. The van der Waals surface area contributed by atoms with Crippen LogP contribution in [0, 0.1) is 5.92 Å². The monoisotopic (exact) mass is 456 g/mol. The fraction of sp³-hybridized carbons (Fsp3) is 0.632. The average molecular weight is 457 g/mol. The number of aliphatic hydroxyl groups is 2. The topological polar surface area (TPSA) is 220 Å². The summed E-state index contributed by atoms with van der Waals surface area (Å²) in [6.07, 6.45) is 2.23. The zero-order valence-electron chi connectivity index (χ0n) is 18.2. The van der Waals surface area contributed by atoms with Crippen LogP contribution in [0.3, 0.4) is 0 Å². The van der Waals surface area contributed by atoms with Crippen molar-refractivity contribution in [2.24, 2.45) is 11.7 Å². The van der Waals surface area contributed by atoms with Gasteiger partial charge in [0.2, 0.25) is 17.7 Å². The number of amides is 3. The Morgan fingerprint density at radius 2 is 1.72 bits per heavy atom. The van der Waals surface area contributed by atoms with Crippen LogP contribution in [0.2, 0.25) is 0 Å². The maximum Gasteiger partial charge on any atom is 0.328 e. The molecule has 0 aliphatic carbocycles. The first-order valence-corrected chi connectivity index (χ1v) is 10.2. The van der Waals surface area contributed by atoms with Gasteiger partial charge in [-0.05, 0) is 12.8 Å². The van der Waals surface area contributed by atoms with E-state index in [0.717, 1.165) is 0 Å². The molecule has 0 spiro atoms. The Balaban J connectivity index is 2.85. The Kier molecular flexibility index (Phi) is 10.7. The number of carboxylic acids is 1. The van der Waals surface area contributed by atoms with Crippen LogP contribution < -0.4 is 21.7 Å². The number of aliphatic carboxylic acids is 1. The number of aromatic amines is 1. The summed E-state index contributed by atoms with van der Waals surface area (Å²) in [5, 5.41) is 35.0. The molecule has 6 atom stereocenters. The summed E-state index contributed by atoms with van der Waals surface area (Å²) in [7, 11) is 0. The maximum absolute atomic E-state index is 12.8. The van der Waals surface area contributed by atoms with E-state index in [1.807, 2.05) is 0 Å². The van der Waals surface area contributed by atoms with Crippen molar-refractivity contribution in [3.8, 4) is 0 Å². The molecule has 0 fully saturated rings. The van der Waals surface area contributed by atoms with Crippen molar-refractivity contribution in [1.29, 1.82) is 0 Å². The fourth-order valence-electron chi connectivity index (χ4n) is 2.79. The largest absolute Gasteiger partial charge is 0.480 e. The van der Waals surface area contributed by atoms with Crippen LogP contribution >= 0.6 is 0 Å². The second-order valence-electron chi connectivity index (χ2n) is 7.57. The van der Waals surface area contributed by atoms with E-state index in [1.54, 1.807) is 13.8 Å². The van der Waals surface area contributed by atoms with Gasteiger partial charge >= 0.3 is 5.97 Å². The lowest BCUT2D eigenvalue weighted by atomic mass is 9.97. The summed E-state index contributed by atoms with van der Waals surface area (Å²) >= 11 is 0. The molecule has 1 aromatic rings. The van der Waals surface area contributed by atoms with Crippen molar-refractivity contribution >= 4 is 23.7 Å². The lowest BCUT2D eigenvalue weighted by molar-refractivity contribution is -0.145. The molecule has 13 heteroatoms. The second kappa shape index (κ2) is 12.7. The molecule has 0 aliphatic rings. The molecule has 13 nitrogen and oxygen atoms in total. The molecule has 0 bridgehead atoms. The molecule has 180 valence electrons. The van der Waals surface area contributed by atoms with Gasteiger partial charge in [-0.1, -0.05) is 20.3 Å². The fourth-order valence-corrected chi connectivity index (χ4v) is 2.79. The quantitative estimate of drug-likeness (QED) is 0.154. The Morgan fingerprint density at radius 3 is 2.19 bits per heavy atom. The van der Waals surface area contributed by atoms with Crippen molar-refractivity contribution in [1.82, 2.24) is 25.9 Å². The highest BCUT2D eigenvalue weighted by atomic mass is 16.4. The van der Waals surface area contributed by atoms with E-state index in [4.69, 9.17) is 10.8 Å². The van der Waals surface area contributed by atoms with Crippen LogP contribution in [0.25, 0.3) is 0 Å². The smallest absolute Gasteiger partial charge is 0.328 e. The van der Waals surface area contributed by atoms with E-state index in [-0.39, 0.29) is 12.3 Å². The van der Waals surface area contributed by atoms with Crippen LogP contribution in [0.4, 0.5) is 0 Å². The zero-order chi connectivity index (χ0) is 24.4. The molecule has 1 aromatic heterocycles. The van der Waals surface area contributed by atoms with Crippen molar-refractivity contribution < 1.29 is 34.5 Å². The molecule has 6 unspecified atom stereocenters. The van der Waals surface area contributed by atoms with E-state index in [2.05, 4.69) is 25.9 Å². The van der Waals surface area contributed by atoms with Gasteiger partial charge in [-0.2, -0.15) is 0 Å². The first kappa shape index (κ1) is 27.0. The molecule has 1 rings (SSSR count). The normalized spacial score (nSPS) is 16.7. The average Bonchev–Trinajstić information content (AvgIpc) is 3.25. The number of carbonyl (C=O) groups excluding carboxylic acids is 3. The number of aliphatic hydroxyl groups excluding tert-OH is 2. The van der Waals surface area contributed by atoms with Gasteiger partial charge in [0.15, 0.2) is 6.04 Å². The lowest BCUT2D eigenvalue weighted by Crippen LogP contribution is -2.60. The molecule has 3 amide bonds. The number of H-pyrrole nitrogens is 1. The first-order chi connectivity index (χ1) is 15.0. The van der Waals surface area contributed by atoms with E-state index in [1.165, 1.54) is 19.4 Å². The summed E-state index contributed by atoms with van der Waals surface area (Å²) in [5.41, 5.74) is 6.55. The molecule has 1 heterocycles. The highest BCUT2D eigenvalue weighted by molar-refractivity contribution is 5.94. The molecule has 0 saturated carbocycles. The molecule has 0 aliphatic heterocycles. The van der Waals surface area contributed by atoms with Gasteiger partial charge in [0.25, 0.3) is 0 Å². The van der Waals surface area contributed by atoms with Crippen molar-refractivity contribution in [3.63, 3.8) is 0 Å². The minimum absolute atomic E-state index is 0.165. The third-order valence-electron chi connectivity index (χ3n) is 4.99. The lowest BCUT2D eigenvalue weighted by Gasteiger charge is -2.27. The minimum Gasteiger partial charge on any atom is -0.480 e. The van der Waals surface area contributed by atoms with E-state index in [9.17, 15) is 29.4 Å². The molecular weight excluding hydrogens is 424 g/mol. The van der Waals surface area contributed by atoms with Crippen LogP contribution in [0.15, 0.2) is 12.5 Å². The third-order valence-corrected chi connectivity index (χ3v) is 4.99. The zero-order valence-corrected chi connectivity index (χ0v) is 18.2. The standard InChI is InChI=1S/C19H32N6O7/c1-4-9(2)14(24-16(28)12(20)5-11-6-21-8-22-11)18(30)23-13(7-26)17(29)25-15(10(3)27)19(31)32/h6,8-10,12-15,26-27H,4-5,7,20H2,1-3H3,(H,21,22)(H,23,30)(H,24,28)(H,25,29)(H,31,32). The van der Waals surface area contributed by atoms with Crippen molar-refractivity contribution in [2.45, 2.75) is 63.9 Å². The summed E-state index contributed by atoms with van der Waals surface area (Å²) in [6, 6.07) is -5.15. The van der Waals surface area contributed by atoms with E-state index >= 15 is 0 Å². The Morgan fingerprint density at radius 1 is 1.09 bits per heavy atom. The summed E-state index contributed by atoms with van der Waals surface area (Å²) in [6.45, 7) is 3.86. The number of hydrogen-bond donors (Lipinski definition) is 8. The molecule has 0 saturated heterocycles. The minimum atomic E-state index is -1.63. The van der Waals surface area contributed by atoms with Gasteiger partial charge in [0.1, 0.15) is 12.1 Å². The molecule has 0 radical (unpaired) electrons.